The van der Waals surface area contributed by atoms with E-state index >= 15 is 0 Å². The van der Waals surface area contributed by atoms with Crippen LogP contribution >= 0.6 is 0 Å². The van der Waals surface area contributed by atoms with Crippen molar-refractivity contribution in [2.45, 2.75) is 0 Å². The number of hydrogen-bond donors (Lipinski definition) is 2. The molecule has 0 spiro atoms. The molecule has 0 fully saturated rings. The van der Waals surface area contributed by atoms with E-state index in [0.29, 0.717) is 0 Å². The van der Waals surface area contributed by atoms with Gasteiger partial charge in [0, 0.05) is 12.4 Å². The van der Waals surface area contributed by atoms with Gasteiger partial charge in [-0.25, -0.2) is 4.98 Å². The Bertz CT molecular complexity index is 312. The molecule has 3 N–H and O–H groups in total. The summed E-state index contributed by atoms with van der Waals surface area (Å²) in [5.74, 6) is -1.07. The first-order valence-corrected chi connectivity index (χ1v) is 3.52. The minimum atomic E-state index is -0.600. The van der Waals surface area contributed by atoms with Crippen molar-refractivity contribution in [3.8, 4) is 0 Å². The van der Waals surface area contributed by atoms with Gasteiger partial charge in [-0.1, -0.05) is 0 Å². The fourth-order valence-electron chi connectivity index (χ4n) is 0.674. The second-order valence-corrected chi connectivity index (χ2v) is 2.24. The molecule has 0 bridgehead atoms. The van der Waals surface area contributed by atoms with Gasteiger partial charge in [0.15, 0.2) is 0 Å². The Hall–Kier alpha value is -1.98. The summed E-state index contributed by atoms with van der Waals surface area (Å²) < 4.78 is 0. The van der Waals surface area contributed by atoms with Crippen LogP contribution in [0.4, 0.5) is 0 Å². The number of nitrogens with two attached hydrogens (primary N) is 1. The average Bonchev–Trinajstić information content (AvgIpc) is 2.15. The molecule has 6 heteroatoms. The van der Waals surface area contributed by atoms with Crippen LogP contribution in [-0.4, -0.2) is 28.3 Å². The molecule has 0 aromatic carbocycles. The number of rotatable bonds is 3. The van der Waals surface area contributed by atoms with Crippen molar-refractivity contribution in [2.75, 3.05) is 6.54 Å². The number of hydrogen-bond acceptors (Lipinski definition) is 4. The number of carbonyl (C=O) groups is 2. The Kier molecular flexibility index (Phi) is 2.91. The van der Waals surface area contributed by atoms with Gasteiger partial charge in [0.25, 0.3) is 5.91 Å². The third-order valence-electron chi connectivity index (χ3n) is 1.22. The summed E-state index contributed by atoms with van der Waals surface area (Å²) in [6.07, 6.45) is 4.14. The van der Waals surface area contributed by atoms with Crippen molar-refractivity contribution in [1.29, 1.82) is 0 Å². The van der Waals surface area contributed by atoms with Gasteiger partial charge in [0.05, 0.1) is 12.7 Å². The molecule has 0 saturated heterocycles. The molecule has 1 aromatic rings. The van der Waals surface area contributed by atoms with Gasteiger partial charge in [0.2, 0.25) is 5.91 Å². The largest absolute Gasteiger partial charge is 0.368 e. The molecule has 68 valence electrons. The summed E-state index contributed by atoms with van der Waals surface area (Å²) in [5, 5.41) is 2.28. The highest BCUT2D eigenvalue weighted by atomic mass is 16.2. The molecule has 0 aliphatic carbocycles. The standard InChI is InChI=1S/C7H8N4O2/c8-6(12)4-11-7(13)5-3-9-1-2-10-5/h1-3H,4H2,(H2,8,12)(H,11,13). The fraction of sp³-hybridized carbons (Fsp3) is 0.143. The average molecular weight is 180 g/mol. The molecule has 0 saturated carbocycles. The lowest BCUT2D eigenvalue weighted by Gasteiger charge is -1.99. The van der Waals surface area contributed by atoms with E-state index < -0.39 is 11.8 Å². The number of amides is 2. The maximum Gasteiger partial charge on any atom is 0.271 e. The third kappa shape index (κ3) is 2.86. The van der Waals surface area contributed by atoms with E-state index in [2.05, 4.69) is 15.3 Å². The second kappa shape index (κ2) is 4.15. The highest BCUT2D eigenvalue weighted by Crippen LogP contribution is 1.88. The van der Waals surface area contributed by atoms with E-state index in [1.165, 1.54) is 18.6 Å². The highest BCUT2D eigenvalue weighted by Gasteiger charge is 2.06. The molecule has 0 aliphatic heterocycles. The Morgan fingerprint density at radius 3 is 2.77 bits per heavy atom. The van der Waals surface area contributed by atoms with Crippen molar-refractivity contribution < 1.29 is 9.59 Å². The molecule has 1 rings (SSSR count). The van der Waals surface area contributed by atoms with Crippen molar-refractivity contribution in [2.24, 2.45) is 5.73 Å². The number of primary amides is 1. The molecule has 0 atom stereocenters. The zero-order valence-electron chi connectivity index (χ0n) is 6.73. The van der Waals surface area contributed by atoms with Gasteiger partial charge < -0.3 is 11.1 Å². The SMILES string of the molecule is NC(=O)CNC(=O)c1cnccn1. The van der Waals surface area contributed by atoms with Crippen molar-refractivity contribution in [1.82, 2.24) is 15.3 Å². The van der Waals surface area contributed by atoms with E-state index in [-0.39, 0.29) is 12.2 Å². The summed E-state index contributed by atoms with van der Waals surface area (Å²) in [6, 6.07) is 0. The lowest BCUT2D eigenvalue weighted by molar-refractivity contribution is -0.117. The molecule has 0 aliphatic rings. The maximum atomic E-state index is 11.1. The topological polar surface area (TPSA) is 98.0 Å². The molecule has 1 heterocycles. The molecule has 6 nitrogen and oxygen atoms in total. The number of carbonyl (C=O) groups excluding carboxylic acids is 2. The van der Waals surface area contributed by atoms with E-state index in [0.717, 1.165) is 0 Å². The molecule has 0 radical (unpaired) electrons. The summed E-state index contributed by atoms with van der Waals surface area (Å²) >= 11 is 0. The van der Waals surface area contributed by atoms with E-state index in [9.17, 15) is 9.59 Å². The van der Waals surface area contributed by atoms with Crippen LogP contribution in [0.25, 0.3) is 0 Å². The van der Waals surface area contributed by atoms with Crippen molar-refractivity contribution >= 4 is 11.8 Å². The minimum absolute atomic E-state index is 0.156. The Morgan fingerprint density at radius 2 is 2.23 bits per heavy atom. The van der Waals surface area contributed by atoms with Crippen LogP contribution in [0.5, 0.6) is 0 Å². The number of nitrogens with zero attached hydrogens (tertiary/aromatic N) is 2. The van der Waals surface area contributed by atoms with Gasteiger partial charge in [0.1, 0.15) is 5.69 Å². The van der Waals surface area contributed by atoms with Gasteiger partial charge in [-0.05, 0) is 0 Å². The summed E-state index contributed by atoms with van der Waals surface area (Å²) in [4.78, 5) is 28.9. The van der Waals surface area contributed by atoms with Crippen LogP contribution in [-0.2, 0) is 4.79 Å². The zero-order chi connectivity index (χ0) is 9.68. The first kappa shape index (κ1) is 9.11. The van der Waals surface area contributed by atoms with Crippen LogP contribution < -0.4 is 11.1 Å². The Labute approximate surface area is 74.2 Å². The van der Waals surface area contributed by atoms with Gasteiger partial charge in [-0.15, -0.1) is 0 Å². The van der Waals surface area contributed by atoms with Crippen LogP contribution in [0.3, 0.4) is 0 Å². The predicted octanol–water partition coefficient (Wildman–Crippen LogP) is -1.31. The molecule has 2 amide bonds. The zero-order valence-corrected chi connectivity index (χ0v) is 6.73. The van der Waals surface area contributed by atoms with Gasteiger partial charge in [-0.2, -0.15) is 0 Å². The Balaban J connectivity index is 2.54. The van der Waals surface area contributed by atoms with Crippen LogP contribution in [0.2, 0.25) is 0 Å². The smallest absolute Gasteiger partial charge is 0.271 e. The van der Waals surface area contributed by atoms with E-state index in [1.807, 2.05) is 0 Å². The lowest BCUT2D eigenvalue weighted by Crippen LogP contribution is -2.33. The summed E-state index contributed by atoms with van der Waals surface area (Å²) in [7, 11) is 0. The van der Waals surface area contributed by atoms with Gasteiger partial charge in [-0.3, -0.25) is 14.6 Å². The maximum absolute atomic E-state index is 11.1. The number of aromatic nitrogens is 2. The normalized spacial score (nSPS) is 9.23. The van der Waals surface area contributed by atoms with Crippen LogP contribution in [0.1, 0.15) is 10.5 Å². The first-order chi connectivity index (χ1) is 6.20. The van der Waals surface area contributed by atoms with Crippen LogP contribution in [0.15, 0.2) is 18.6 Å². The molecular weight excluding hydrogens is 172 g/mol. The summed E-state index contributed by atoms with van der Waals surface area (Å²) in [6.45, 7) is -0.199. The summed E-state index contributed by atoms with van der Waals surface area (Å²) in [5.41, 5.74) is 4.99. The quantitative estimate of drug-likeness (QED) is 0.603. The molecule has 1 aromatic heterocycles. The molecular formula is C7H8N4O2. The third-order valence-corrected chi connectivity index (χ3v) is 1.22. The highest BCUT2D eigenvalue weighted by molar-refractivity contribution is 5.94. The van der Waals surface area contributed by atoms with E-state index in [4.69, 9.17) is 5.73 Å². The van der Waals surface area contributed by atoms with E-state index in [1.54, 1.807) is 0 Å². The fourth-order valence-corrected chi connectivity index (χ4v) is 0.674. The molecule has 0 unspecified atom stereocenters. The second-order valence-electron chi connectivity index (χ2n) is 2.24. The predicted molar refractivity (Wildman–Crippen MR) is 43.6 cm³/mol. The first-order valence-electron chi connectivity index (χ1n) is 3.52. The Morgan fingerprint density at radius 1 is 1.46 bits per heavy atom. The lowest BCUT2D eigenvalue weighted by atomic mass is 10.4. The van der Waals surface area contributed by atoms with Gasteiger partial charge >= 0.3 is 0 Å². The minimum Gasteiger partial charge on any atom is -0.368 e. The molecule has 13 heavy (non-hydrogen) atoms. The number of nitrogens with one attached hydrogen (secondary N) is 1. The van der Waals surface area contributed by atoms with Crippen molar-refractivity contribution in [3.05, 3.63) is 24.3 Å². The van der Waals surface area contributed by atoms with Crippen molar-refractivity contribution in [3.63, 3.8) is 0 Å². The van der Waals surface area contributed by atoms with Crippen LogP contribution in [0, 0.1) is 0 Å². The monoisotopic (exact) mass is 180 g/mol.